The Kier molecular flexibility index (Phi) is 7.61. The summed E-state index contributed by atoms with van der Waals surface area (Å²) in [6.07, 6.45) is 7.07. The summed E-state index contributed by atoms with van der Waals surface area (Å²) in [5, 5.41) is 25.4. The van der Waals surface area contributed by atoms with Crippen molar-refractivity contribution in [1.82, 2.24) is 25.5 Å². The number of nitrogens with zero attached hydrogens (tertiary/aromatic N) is 4. The zero-order valence-electron chi connectivity index (χ0n) is 17.0. The van der Waals surface area contributed by atoms with E-state index < -0.39 is 5.60 Å². The number of rotatable bonds is 11. The van der Waals surface area contributed by atoms with Gasteiger partial charge >= 0.3 is 0 Å². The summed E-state index contributed by atoms with van der Waals surface area (Å²) in [5.41, 5.74) is -0.225. The van der Waals surface area contributed by atoms with Crippen LogP contribution in [0.2, 0.25) is 5.02 Å². The van der Waals surface area contributed by atoms with E-state index in [0.717, 1.165) is 63.0 Å². The van der Waals surface area contributed by atoms with Gasteiger partial charge in [-0.1, -0.05) is 47.9 Å². The molecule has 1 fully saturated rings. The first kappa shape index (κ1) is 21.7. The number of benzene rings is 1. The molecule has 2 heterocycles. The molecular formula is C21H30ClN5O2. The Morgan fingerprint density at radius 3 is 2.83 bits per heavy atom. The van der Waals surface area contributed by atoms with E-state index in [9.17, 15) is 9.90 Å². The zero-order valence-corrected chi connectivity index (χ0v) is 17.7. The quantitative estimate of drug-likeness (QED) is 0.543. The van der Waals surface area contributed by atoms with Gasteiger partial charge in [0.25, 0.3) is 0 Å². The summed E-state index contributed by atoms with van der Waals surface area (Å²) in [4.78, 5) is 14.3. The molecule has 1 aliphatic rings. The molecule has 1 unspecified atom stereocenters. The molecule has 2 atom stereocenters. The lowest BCUT2D eigenvalue weighted by atomic mass is 9.87. The van der Waals surface area contributed by atoms with E-state index in [2.05, 4.69) is 20.6 Å². The normalized spacial score (nSPS) is 18.9. The van der Waals surface area contributed by atoms with E-state index in [1.807, 2.05) is 23.1 Å². The van der Waals surface area contributed by atoms with Crippen molar-refractivity contribution in [1.29, 1.82) is 0 Å². The largest absolute Gasteiger partial charge is 0.385 e. The van der Waals surface area contributed by atoms with Gasteiger partial charge in [-0.15, -0.1) is 10.2 Å². The molecule has 0 spiro atoms. The number of tetrazole rings is 1. The molecule has 1 aliphatic heterocycles. The average Bonchev–Trinajstić information content (AvgIpc) is 3.33. The second-order valence-electron chi connectivity index (χ2n) is 8.19. The van der Waals surface area contributed by atoms with Crippen LogP contribution in [-0.2, 0) is 16.8 Å². The van der Waals surface area contributed by atoms with Crippen molar-refractivity contribution in [3.8, 4) is 0 Å². The number of aromatic amines is 1. The third-order valence-corrected chi connectivity index (χ3v) is 6.09. The molecule has 1 aromatic heterocycles. The second-order valence-corrected chi connectivity index (χ2v) is 8.60. The highest BCUT2D eigenvalue weighted by molar-refractivity contribution is 6.31. The molecule has 1 amide bonds. The smallest absolute Gasteiger partial charge is 0.222 e. The fourth-order valence-corrected chi connectivity index (χ4v) is 4.35. The van der Waals surface area contributed by atoms with Crippen LogP contribution in [-0.4, -0.2) is 49.6 Å². The molecule has 7 nitrogen and oxygen atoms in total. The van der Waals surface area contributed by atoms with Crippen LogP contribution < -0.4 is 0 Å². The van der Waals surface area contributed by atoms with E-state index in [1.165, 1.54) is 0 Å². The molecule has 3 rings (SSSR count). The van der Waals surface area contributed by atoms with Crippen LogP contribution in [0.5, 0.6) is 0 Å². The number of carbonyl (C=O) groups is 1. The van der Waals surface area contributed by atoms with Gasteiger partial charge in [0.2, 0.25) is 5.91 Å². The molecule has 29 heavy (non-hydrogen) atoms. The molecule has 158 valence electrons. The van der Waals surface area contributed by atoms with Crippen molar-refractivity contribution >= 4 is 17.5 Å². The van der Waals surface area contributed by atoms with Crippen molar-refractivity contribution in [2.45, 2.75) is 63.9 Å². The van der Waals surface area contributed by atoms with Gasteiger partial charge in [-0.2, -0.15) is 5.21 Å². The molecule has 2 aromatic rings. The predicted octanol–water partition coefficient (Wildman–Crippen LogP) is 3.49. The number of aromatic nitrogens is 4. The maximum absolute atomic E-state index is 12.3. The van der Waals surface area contributed by atoms with Crippen LogP contribution in [0.3, 0.4) is 0 Å². The third-order valence-electron chi connectivity index (χ3n) is 5.76. The highest BCUT2D eigenvalue weighted by Gasteiger charge is 2.32. The number of likely N-dealkylation sites (tertiary alicyclic amines) is 1. The Morgan fingerprint density at radius 1 is 1.28 bits per heavy atom. The molecule has 0 radical (unpaired) electrons. The van der Waals surface area contributed by atoms with Crippen molar-refractivity contribution in [3.05, 3.63) is 40.7 Å². The number of carbonyl (C=O) groups excluding carboxylic acids is 1. The monoisotopic (exact) mass is 419 g/mol. The minimum Gasteiger partial charge on any atom is -0.385 e. The summed E-state index contributed by atoms with van der Waals surface area (Å²) in [6, 6.07) is 7.42. The lowest BCUT2D eigenvalue weighted by molar-refractivity contribution is -0.127. The van der Waals surface area contributed by atoms with Gasteiger partial charge in [0.15, 0.2) is 5.82 Å². The Bertz CT molecular complexity index is 781. The third kappa shape index (κ3) is 6.24. The first-order chi connectivity index (χ1) is 14.0. The number of unbranched alkanes of at least 4 members (excludes halogenated alkanes) is 3. The van der Waals surface area contributed by atoms with Crippen molar-refractivity contribution in [3.63, 3.8) is 0 Å². The number of aliphatic hydroxyl groups is 1. The maximum atomic E-state index is 12.3. The Morgan fingerprint density at radius 2 is 2.07 bits per heavy atom. The minimum atomic E-state index is -0.979. The predicted molar refractivity (Wildman–Crippen MR) is 111 cm³/mol. The molecule has 1 aromatic carbocycles. The fraction of sp³-hybridized carbons (Fsp3) is 0.619. The van der Waals surface area contributed by atoms with E-state index >= 15 is 0 Å². The number of amides is 1. The molecular weight excluding hydrogens is 390 g/mol. The first-order valence-electron chi connectivity index (χ1n) is 10.4. The number of aryl methyl sites for hydroxylation is 1. The standard InChI is InChI=1S/C21H30ClN5O2/c1-21(29,17-8-5-6-9-18(17)22)12-11-16-14-20(28)27(15-16)13-7-3-2-4-10-19-23-25-26-24-19/h5-6,8-9,16,29H,2-4,7,10-15H2,1H3,(H,23,24,25,26)/t16?,21-/m1/s1. The molecule has 8 heteroatoms. The molecule has 0 aliphatic carbocycles. The Balaban J connectivity index is 1.35. The first-order valence-corrected chi connectivity index (χ1v) is 10.8. The number of halogens is 1. The van der Waals surface area contributed by atoms with Gasteiger partial charge in [0, 0.05) is 36.5 Å². The highest BCUT2D eigenvalue weighted by Crippen LogP contribution is 2.34. The lowest BCUT2D eigenvalue weighted by Gasteiger charge is -2.26. The lowest BCUT2D eigenvalue weighted by Crippen LogP contribution is -2.27. The molecule has 0 bridgehead atoms. The fourth-order valence-electron chi connectivity index (χ4n) is 4.01. The van der Waals surface area contributed by atoms with Crippen LogP contribution in [0.15, 0.2) is 24.3 Å². The zero-order chi connectivity index (χ0) is 20.7. The minimum absolute atomic E-state index is 0.235. The van der Waals surface area contributed by atoms with Gasteiger partial charge in [-0.25, -0.2) is 0 Å². The van der Waals surface area contributed by atoms with Gasteiger partial charge in [0.05, 0.1) is 5.60 Å². The summed E-state index contributed by atoms with van der Waals surface area (Å²) >= 11 is 6.24. The van der Waals surface area contributed by atoms with E-state index in [0.29, 0.717) is 23.8 Å². The van der Waals surface area contributed by atoms with E-state index in [4.69, 9.17) is 11.6 Å². The van der Waals surface area contributed by atoms with Crippen molar-refractivity contribution in [2.24, 2.45) is 5.92 Å². The SMILES string of the molecule is C[C@@](O)(CCC1CC(=O)N(CCCCCCc2nn[nH]n2)C1)c1ccccc1Cl. The van der Waals surface area contributed by atoms with Crippen LogP contribution in [0.1, 0.15) is 63.3 Å². The summed E-state index contributed by atoms with van der Waals surface area (Å²) in [6.45, 7) is 3.41. The van der Waals surface area contributed by atoms with Gasteiger partial charge in [-0.05, 0) is 44.6 Å². The second kappa shape index (κ2) is 10.2. The number of nitrogens with one attached hydrogen (secondary N) is 1. The van der Waals surface area contributed by atoms with Crippen LogP contribution in [0.25, 0.3) is 0 Å². The van der Waals surface area contributed by atoms with Crippen LogP contribution in [0, 0.1) is 5.92 Å². The average molecular weight is 420 g/mol. The van der Waals surface area contributed by atoms with Gasteiger partial charge in [-0.3, -0.25) is 4.79 Å². The molecule has 1 saturated heterocycles. The van der Waals surface area contributed by atoms with Crippen LogP contribution in [0.4, 0.5) is 0 Å². The Hall–Kier alpha value is -1.99. The van der Waals surface area contributed by atoms with Gasteiger partial charge < -0.3 is 10.0 Å². The summed E-state index contributed by atoms with van der Waals surface area (Å²) in [5.74, 6) is 1.30. The number of hydrogen-bond donors (Lipinski definition) is 2. The van der Waals surface area contributed by atoms with E-state index in [-0.39, 0.29) is 5.91 Å². The summed E-state index contributed by atoms with van der Waals surface area (Å²) in [7, 11) is 0. The van der Waals surface area contributed by atoms with Crippen molar-refractivity contribution in [2.75, 3.05) is 13.1 Å². The Labute approximate surface area is 176 Å². The number of hydrogen-bond acceptors (Lipinski definition) is 5. The van der Waals surface area contributed by atoms with Gasteiger partial charge in [0.1, 0.15) is 0 Å². The van der Waals surface area contributed by atoms with Crippen LogP contribution >= 0.6 is 11.6 Å². The summed E-state index contributed by atoms with van der Waals surface area (Å²) < 4.78 is 0. The van der Waals surface area contributed by atoms with E-state index in [1.54, 1.807) is 13.0 Å². The van der Waals surface area contributed by atoms with Crippen molar-refractivity contribution < 1.29 is 9.90 Å². The highest BCUT2D eigenvalue weighted by atomic mass is 35.5. The number of H-pyrrole nitrogens is 1. The maximum Gasteiger partial charge on any atom is 0.222 e. The molecule has 0 saturated carbocycles. The molecule has 2 N–H and O–H groups in total. The topological polar surface area (TPSA) is 95.0 Å².